The maximum Gasteiger partial charge on any atom is 0.261 e. The SMILES string of the molecule is CC(C)(C)[Si](OC[C@H](O)CCN=[N+]=[N-])(c1ccccc1)c1ccccc1. The van der Waals surface area contributed by atoms with Gasteiger partial charge in [-0.15, -0.1) is 0 Å². The Hall–Kier alpha value is -2.11. The van der Waals surface area contributed by atoms with E-state index in [2.05, 4.69) is 55.1 Å². The van der Waals surface area contributed by atoms with Crippen LogP contribution in [0.3, 0.4) is 0 Å². The minimum absolute atomic E-state index is 0.125. The molecule has 6 heteroatoms. The number of benzene rings is 2. The van der Waals surface area contributed by atoms with E-state index in [-0.39, 0.29) is 18.2 Å². The fourth-order valence-corrected chi connectivity index (χ4v) is 7.92. The quantitative estimate of drug-likeness (QED) is 0.334. The van der Waals surface area contributed by atoms with Crippen LogP contribution in [-0.4, -0.2) is 32.7 Å². The molecule has 5 nitrogen and oxygen atoms in total. The van der Waals surface area contributed by atoms with Crippen LogP contribution in [0.1, 0.15) is 27.2 Å². The third-order valence-corrected chi connectivity index (χ3v) is 9.54. The van der Waals surface area contributed by atoms with Crippen molar-refractivity contribution < 1.29 is 9.53 Å². The van der Waals surface area contributed by atoms with E-state index in [0.29, 0.717) is 6.42 Å². The number of nitrogens with zero attached hydrogens (tertiary/aromatic N) is 3. The van der Waals surface area contributed by atoms with Crippen molar-refractivity contribution in [1.82, 2.24) is 0 Å². The first-order valence-electron chi connectivity index (χ1n) is 8.86. The zero-order chi connectivity index (χ0) is 19.0. The summed E-state index contributed by atoms with van der Waals surface area (Å²) in [5, 5.41) is 16.0. The van der Waals surface area contributed by atoms with Crippen LogP contribution in [0.15, 0.2) is 65.8 Å². The zero-order valence-electron chi connectivity index (χ0n) is 15.7. The van der Waals surface area contributed by atoms with Gasteiger partial charge in [-0.2, -0.15) is 0 Å². The number of aliphatic hydroxyl groups is 1. The highest BCUT2D eigenvalue weighted by atomic mass is 28.4. The molecule has 0 aliphatic heterocycles. The minimum atomic E-state index is -2.62. The topological polar surface area (TPSA) is 78.2 Å². The number of rotatable bonds is 8. The maximum atomic E-state index is 10.3. The van der Waals surface area contributed by atoms with E-state index in [1.807, 2.05) is 36.4 Å². The first-order chi connectivity index (χ1) is 12.4. The molecule has 138 valence electrons. The highest BCUT2D eigenvalue weighted by molar-refractivity contribution is 6.99. The van der Waals surface area contributed by atoms with Crippen LogP contribution >= 0.6 is 0 Å². The molecule has 0 saturated heterocycles. The summed E-state index contributed by atoms with van der Waals surface area (Å²) < 4.78 is 6.61. The lowest BCUT2D eigenvalue weighted by Crippen LogP contribution is -2.67. The van der Waals surface area contributed by atoms with E-state index < -0.39 is 14.4 Å². The molecule has 26 heavy (non-hydrogen) atoms. The fraction of sp³-hybridized carbons (Fsp3) is 0.400. The Morgan fingerprint density at radius 2 is 1.54 bits per heavy atom. The van der Waals surface area contributed by atoms with Gasteiger partial charge in [0.05, 0.1) is 12.7 Å². The average Bonchev–Trinajstić information content (AvgIpc) is 2.63. The fourth-order valence-electron chi connectivity index (χ4n) is 3.32. The molecule has 1 N–H and O–H groups in total. The standard InChI is InChI=1S/C20H27N3O2Si/c1-20(2,3)26(18-10-6-4-7-11-18,19-12-8-5-9-13-19)25-16-17(24)14-15-22-23-21/h4-13,17,24H,14-16H2,1-3H3/t17-/m1/s1. The summed E-state index contributed by atoms with van der Waals surface area (Å²) in [4.78, 5) is 2.73. The molecule has 2 aromatic rings. The predicted molar refractivity (Wildman–Crippen MR) is 108 cm³/mol. The van der Waals surface area contributed by atoms with Gasteiger partial charge >= 0.3 is 0 Å². The van der Waals surface area contributed by atoms with Crippen LogP contribution in [0.5, 0.6) is 0 Å². The van der Waals surface area contributed by atoms with Crippen molar-refractivity contribution in [3.05, 3.63) is 71.1 Å². The van der Waals surface area contributed by atoms with Crippen molar-refractivity contribution in [2.75, 3.05) is 13.2 Å². The molecule has 0 spiro atoms. The Labute approximate surface area is 156 Å². The molecule has 0 radical (unpaired) electrons. The summed E-state index contributed by atoms with van der Waals surface area (Å²) in [6, 6.07) is 20.6. The molecule has 0 aromatic heterocycles. The molecule has 0 aliphatic carbocycles. The van der Waals surface area contributed by atoms with Gasteiger partial charge in [0.25, 0.3) is 8.32 Å². The highest BCUT2D eigenvalue weighted by Gasteiger charge is 2.50. The van der Waals surface area contributed by atoms with Gasteiger partial charge in [-0.05, 0) is 27.4 Å². The minimum Gasteiger partial charge on any atom is -0.405 e. The summed E-state index contributed by atoms with van der Waals surface area (Å²) >= 11 is 0. The van der Waals surface area contributed by atoms with Crippen LogP contribution in [-0.2, 0) is 4.43 Å². The van der Waals surface area contributed by atoms with E-state index in [9.17, 15) is 5.11 Å². The smallest absolute Gasteiger partial charge is 0.261 e. The second-order valence-electron chi connectivity index (χ2n) is 7.37. The van der Waals surface area contributed by atoms with Crippen molar-refractivity contribution in [3.8, 4) is 0 Å². The third kappa shape index (κ3) is 4.53. The lowest BCUT2D eigenvalue weighted by Gasteiger charge is -2.43. The number of azide groups is 1. The molecule has 0 fully saturated rings. The summed E-state index contributed by atoms with van der Waals surface area (Å²) in [5.74, 6) is 0. The summed E-state index contributed by atoms with van der Waals surface area (Å²) in [7, 11) is -2.62. The van der Waals surface area contributed by atoms with Gasteiger partial charge in [-0.1, -0.05) is 86.5 Å². The molecule has 2 rings (SSSR count). The van der Waals surface area contributed by atoms with Gasteiger partial charge in [-0.25, -0.2) is 0 Å². The molecule has 0 bridgehead atoms. The van der Waals surface area contributed by atoms with Crippen LogP contribution < -0.4 is 10.4 Å². The second kappa shape index (κ2) is 9.01. The van der Waals surface area contributed by atoms with E-state index in [1.165, 1.54) is 10.4 Å². The largest absolute Gasteiger partial charge is 0.405 e. The Morgan fingerprint density at radius 3 is 1.96 bits per heavy atom. The molecule has 0 saturated carbocycles. The van der Waals surface area contributed by atoms with Crippen molar-refractivity contribution in [3.63, 3.8) is 0 Å². The van der Waals surface area contributed by atoms with Gasteiger partial charge in [0.15, 0.2) is 0 Å². The van der Waals surface area contributed by atoms with E-state index in [1.54, 1.807) is 0 Å². The van der Waals surface area contributed by atoms with E-state index in [0.717, 1.165) is 0 Å². The van der Waals surface area contributed by atoms with Crippen molar-refractivity contribution in [2.24, 2.45) is 5.11 Å². The van der Waals surface area contributed by atoms with Gasteiger partial charge in [0.2, 0.25) is 0 Å². The number of aliphatic hydroxyl groups excluding tert-OH is 1. The number of hydrogen-bond donors (Lipinski definition) is 1. The van der Waals surface area contributed by atoms with Gasteiger partial charge in [-0.3, -0.25) is 0 Å². The third-order valence-electron chi connectivity index (χ3n) is 4.53. The Balaban J connectivity index is 2.42. The maximum absolute atomic E-state index is 10.3. The molecule has 0 heterocycles. The average molecular weight is 370 g/mol. The molecule has 1 atom stereocenters. The molecule has 0 amide bonds. The Bertz CT molecular complexity index is 686. The van der Waals surface area contributed by atoms with Crippen molar-refractivity contribution in [1.29, 1.82) is 0 Å². The van der Waals surface area contributed by atoms with E-state index >= 15 is 0 Å². The summed E-state index contributed by atoms with van der Waals surface area (Å²) in [6.45, 7) is 7.08. The Kier molecular flexibility index (Phi) is 7.00. The van der Waals surface area contributed by atoms with E-state index in [4.69, 9.17) is 9.96 Å². The lowest BCUT2D eigenvalue weighted by molar-refractivity contribution is 0.0971. The molecule has 2 aromatic carbocycles. The van der Waals surface area contributed by atoms with Crippen molar-refractivity contribution >= 4 is 18.7 Å². The van der Waals surface area contributed by atoms with Gasteiger partial charge < -0.3 is 9.53 Å². The summed E-state index contributed by atoms with van der Waals surface area (Å²) in [6.07, 6.45) is -0.274. The van der Waals surface area contributed by atoms with Crippen molar-refractivity contribution in [2.45, 2.75) is 38.3 Å². The van der Waals surface area contributed by atoms with Crippen LogP contribution in [0.4, 0.5) is 0 Å². The lowest BCUT2D eigenvalue weighted by atomic mass is 10.2. The van der Waals surface area contributed by atoms with Crippen LogP contribution in [0, 0.1) is 0 Å². The van der Waals surface area contributed by atoms with Gasteiger partial charge in [0, 0.05) is 11.5 Å². The molecule has 0 aliphatic rings. The first kappa shape index (κ1) is 20.2. The first-order valence-corrected chi connectivity index (χ1v) is 10.8. The molecular formula is C20H27N3O2Si. The normalized spacial score (nSPS) is 13.1. The number of hydrogen-bond acceptors (Lipinski definition) is 3. The zero-order valence-corrected chi connectivity index (χ0v) is 16.7. The Morgan fingerprint density at radius 1 is 1.04 bits per heavy atom. The molecular weight excluding hydrogens is 342 g/mol. The van der Waals surface area contributed by atoms with Gasteiger partial charge in [0.1, 0.15) is 0 Å². The van der Waals surface area contributed by atoms with Crippen LogP contribution in [0.25, 0.3) is 10.4 Å². The monoisotopic (exact) mass is 369 g/mol. The highest BCUT2D eigenvalue weighted by Crippen LogP contribution is 2.36. The predicted octanol–water partition coefficient (Wildman–Crippen LogP) is 3.62. The molecule has 0 unspecified atom stereocenters. The van der Waals surface area contributed by atoms with Crippen LogP contribution in [0.2, 0.25) is 5.04 Å². The summed E-state index contributed by atoms with van der Waals surface area (Å²) in [5.41, 5.74) is 8.39. The second-order valence-corrected chi connectivity index (χ2v) is 11.7.